The van der Waals surface area contributed by atoms with E-state index in [0.29, 0.717) is 24.0 Å². The van der Waals surface area contributed by atoms with Crippen LogP contribution in [0.25, 0.3) is 22.2 Å². The summed E-state index contributed by atoms with van der Waals surface area (Å²) >= 11 is 0. The van der Waals surface area contributed by atoms with Gasteiger partial charge in [0.1, 0.15) is 5.82 Å². The van der Waals surface area contributed by atoms with E-state index in [1.54, 1.807) is 23.7 Å². The van der Waals surface area contributed by atoms with E-state index < -0.39 is 0 Å². The SMILES string of the molecule is Cn1c(=O)c2c(-c3ccccc3)n3c(c2n(C)c1=O)C(c1ccc(F)cc1)NCC3. The average Bonchev–Trinajstić information content (AvgIpc) is 3.13. The van der Waals surface area contributed by atoms with Crippen molar-refractivity contribution in [2.75, 3.05) is 6.54 Å². The van der Waals surface area contributed by atoms with Gasteiger partial charge < -0.3 is 9.88 Å². The Morgan fingerprint density at radius 1 is 0.967 bits per heavy atom. The van der Waals surface area contributed by atoms with Crippen LogP contribution >= 0.6 is 0 Å². The van der Waals surface area contributed by atoms with Gasteiger partial charge in [-0.15, -0.1) is 0 Å². The fourth-order valence-corrected chi connectivity index (χ4v) is 4.51. The molecule has 6 nitrogen and oxygen atoms in total. The van der Waals surface area contributed by atoms with Crippen LogP contribution in [0.4, 0.5) is 4.39 Å². The largest absolute Gasteiger partial charge is 0.339 e. The Labute approximate surface area is 171 Å². The van der Waals surface area contributed by atoms with Crippen molar-refractivity contribution in [3.8, 4) is 11.3 Å². The van der Waals surface area contributed by atoms with Crippen LogP contribution in [0, 0.1) is 5.82 Å². The lowest BCUT2D eigenvalue weighted by Gasteiger charge is -2.28. The van der Waals surface area contributed by atoms with Gasteiger partial charge in [0.25, 0.3) is 5.56 Å². The first kappa shape index (κ1) is 18.6. The van der Waals surface area contributed by atoms with Gasteiger partial charge in [0.05, 0.1) is 28.3 Å². The molecule has 0 radical (unpaired) electrons. The molecule has 0 spiro atoms. The molecule has 1 aliphatic rings. The minimum Gasteiger partial charge on any atom is -0.339 e. The van der Waals surface area contributed by atoms with E-state index in [1.165, 1.54) is 19.2 Å². The van der Waals surface area contributed by atoms with Crippen LogP contribution in [-0.2, 0) is 20.6 Å². The molecule has 152 valence electrons. The molecule has 1 unspecified atom stereocenters. The minimum atomic E-state index is -0.371. The first-order chi connectivity index (χ1) is 14.5. The maximum absolute atomic E-state index is 13.5. The third kappa shape index (κ3) is 2.59. The van der Waals surface area contributed by atoms with Gasteiger partial charge in [-0.3, -0.25) is 13.9 Å². The molecule has 0 fully saturated rings. The molecule has 1 aliphatic heterocycles. The van der Waals surface area contributed by atoms with E-state index in [4.69, 9.17) is 0 Å². The number of benzene rings is 2. The van der Waals surface area contributed by atoms with Crippen molar-refractivity contribution in [1.82, 2.24) is 19.0 Å². The number of nitrogens with zero attached hydrogens (tertiary/aromatic N) is 3. The number of aryl methyl sites for hydroxylation is 1. The van der Waals surface area contributed by atoms with Crippen LogP contribution < -0.4 is 16.6 Å². The van der Waals surface area contributed by atoms with E-state index in [9.17, 15) is 14.0 Å². The zero-order chi connectivity index (χ0) is 21.0. The van der Waals surface area contributed by atoms with Crippen molar-refractivity contribution in [2.45, 2.75) is 12.6 Å². The molecule has 3 heterocycles. The third-order valence-electron chi connectivity index (χ3n) is 5.91. The molecule has 0 saturated heterocycles. The predicted octanol–water partition coefficient (Wildman–Crippen LogP) is 2.54. The second kappa shape index (κ2) is 6.81. The smallest absolute Gasteiger partial charge is 0.331 e. The second-order valence-electron chi connectivity index (χ2n) is 7.62. The van der Waals surface area contributed by atoms with Crippen LogP contribution in [0.3, 0.4) is 0 Å². The number of fused-ring (bicyclic) bond motifs is 3. The Kier molecular flexibility index (Phi) is 4.22. The molecule has 2 aromatic heterocycles. The maximum Gasteiger partial charge on any atom is 0.331 e. The van der Waals surface area contributed by atoms with E-state index in [2.05, 4.69) is 9.88 Å². The van der Waals surface area contributed by atoms with Gasteiger partial charge in [-0.1, -0.05) is 42.5 Å². The summed E-state index contributed by atoms with van der Waals surface area (Å²) in [6.45, 7) is 1.34. The molecular formula is C23H21FN4O2. The Hall–Kier alpha value is -3.45. The van der Waals surface area contributed by atoms with Crippen molar-refractivity contribution in [3.63, 3.8) is 0 Å². The quantitative estimate of drug-likeness (QED) is 0.559. The normalized spacial score (nSPS) is 16.0. The summed E-state index contributed by atoms with van der Waals surface area (Å²) in [6, 6.07) is 15.8. The summed E-state index contributed by atoms with van der Waals surface area (Å²) in [7, 11) is 3.20. The highest BCUT2D eigenvalue weighted by atomic mass is 19.1. The van der Waals surface area contributed by atoms with Crippen molar-refractivity contribution in [2.24, 2.45) is 14.1 Å². The van der Waals surface area contributed by atoms with Crippen LogP contribution in [0.2, 0.25) is 0 Å². The molecule has 0 bridgehead atoms. The number of rotatable bonds is 2. The van der Waals surface area contributed by atoms with E-state index in [1.807, 2.05) is 30.3 Å². The Bertz CT molecular complexity index is 1380. The zero-order valence-electron chi connectivity index (χ0n) is 16.7. The lowest BCUT2D eigenvalue weighted by atomic mass is 10.0. The standard InChI is InChI=1S/C23H21FN4O2/c1-26-20-17(22(29)27(2)23(26)30)19(15-6-4-3-5-7-15)28-13-12-25-18(21(20)28)14-8-10-16(24)11-9-14/h3-11,18,25H,12-13H2,1-2H3. The van der Waals surface area contributed by atoms with Gasteiger partial charge in [0.15, 0.2) is 0 Å². The molecule has 0 aliphatic carbocycles. The van der Waals surface area contributed by atoms with Crippen molar-refractivity contribution < 1.29 is 4.39 Å². The highest BCUT2D eigenvalue weighted by Crippen LogP contribution is 2.38. The zero-order valence-corrected chi connectivity index (χ0v) is 16.7. The van der Waals surface area contributed by atoms with Gasteiger partial charge in [0.2, 0.25) is 0 Å². The molecule has 7 heteroatoms. The van der Waals surface area contributed by atoms with Crippen LogP contribution in [0.1, 0.15) is 17.3 Å². The molecule has 5 rings (SSSR count). The Balaban J connectivity index is 1.94. The minimum absolute atomic E-state index is 0.267. The average molecular weight is 404 g/mol. The van der Waals surface area contributed by atoms with Crippen molar-refractivity contribution >= 4 is 10.9 Å². The number of aromatic nitrogens is 3. The molecule has 1 atom stereocenters. The van der Waals surface area contributed by atoms with Crippen molar-refractivity contribution in [3.05, 3.63) is 92.5 Å². The van der Waals surface area contributed by atoms with E-state index in [0.717, 1.165) is 27.1 Å². The van der Waals surface area contributed by atoms with Crippen LogP contribution in [0.15, 0.2) is 64.2 Å². The molecule has 0 saturated carbocycles. The Morgan fingerprint density at radius 3 is 2.37 bits per heavy atom. The van der Waals surface area contributed by atoms with E-state index >= 15 is 0 Å². The highest BCUT2D eigenvalue weighted by Gasteiger charge is 2.32. The van der Waals surface area contributed by atoms with Crippen LogP contribution in [0.5, 0.6) is 0 Å². The summed E-state index contributed by atoms with van der Waals surface area (Å²) < 4.78 is 18.4. The first-order valence-electron chi connectivity index (χ1n) is 9.85. The molecule has 4 aromatic rings. The molecule has 1 N–H and O–H groups in total. The lowest BCUT2D eigenvalue weighted by Crippen LogP contribution is -2.38. The summed E-state index contributed by atoms with van der Waals surface area (Å²) in [6.07, 6.45) is 0. The number of halogens is 1. The van der Waals surface area contributed by atoms with Crippen molar-refractivity contribution in [1.29, 1.82) is 0 Å². The number of hydrogen-bond donors (Lipinski definition) is 1. The molecular weight excluding hydrogens is 383 g/mol. The monoisotopic (exact) mass is 404 g/mol. The lowest BCUT2D eigenvalue weighted by molar-refractivity contribution is 0.470. The predicted molar refractivity (Wildman–Crippen MR) is 114 cm³/mol. The summed E-state index contributed by atoms with van der Waals surface area (Å²) in [4.78, 5) is 26.0. The molecule has 30 heavy (non-hydrogen) atoms. The fraction of sp³-hybridized carbons (Fsp3) is 0.217. The summed E-state index contributed by atoms with van der Waals surface area (Å²) in [5, 5.41) is 4.01. The van der Waals surface area contributed by atoms with Gasteiger partial charge >= 0.3 is 5.69 Å². The number of nitrogens with one attached hydrogen (secondary N) is 1. The van der Waals surface area contributed by atoms with Gasteiger partial charge in [0, 0.05) is 27.2 Å². The Morgan fingerprint density at radius 2 is 1.67 bits per heavy atom. The van der Waals surface area contributed by atoms with Gasteiger partial charge in [-0.25, -0.2) is 9.18 Å². The maximum atomic E-state index is 13.5. The summed E-state index contributed by atoms with van der Waals surface area (Å²) in [5.41, 5.74) is 3.39. The van der Waals surface area contributed by atoms with E-state index in [-0.39, 0.29) is 23.1 Å². The van der Waals surface area contributed by atoms with Crippen LogP contribution in [-0.4, -0.2) is 20.2 Å². The van der Waals surface area contributed by atoms with Gasteiger partial charge in [-0.05, 0) is 23.3 Å². The topological polar surface area (TPSA) is 61.0 Å². The molecule has 0 amide bonds. The van der Waals surface area contributed by atoms with Gasteiger partial charge in [-0.2, -0.15) is 0 Å². The third-order valence-corrected chi connectivity index (χ3v) is 5.91. The fourth-order valence-electron chi connectivity index (χ4n) is 4.51. The second-order valence-corrected chi connectivity index (χ2v) is 7.62. The molecule has 2 aromatic carbocycles. The highest BCUT2D eigenvalue weighted by molar-refractivity contribution is 5.96. The first-order valence-corrected chi connectivity index (χ1v) is 9.85. The number of hydrogen-bond acceptors (Lipinski definition) is 3. The summed E-state index contributed by atoms with van der Waals surface area (Å²) in [5.74, 6) is -0.305.